The van der Waals surface area contributed by atoms with Crippen LogP contribution in [0.15, 0.2) is 18.2 Å². The van der Waals surface area contributed by atoms with Crippen molar-refractivity contribution < 1.29 is 14.3 Å². The maximum Gasteiger partial charge on any atom is 0.319 e. The number of carbonyl (C=O) groups excluding carboxylic acids is 1. The van der Waals surface area contributed by atoms with Crippen molar-refractivity contribution in [3.05, 3.63) is 29.6 Å². The monoisotopic (exact) mass is 286 g/mol. The van der Waals surface area contributed by atoms with Gasteiger partial charge in [0, 0.05) is 18.4 Å². The molecule has 0 bridgehead atoms. The molecule has 106 valence electrons. The smallest absolute Gasteiger partial charge is 0.319 e. The molecule has 0 fully saturated rings. The highest BCUT2D eigenvalue weighted by atomic mass is 32.2. The first-order valence-electron chi connectivity index (χ1n) is 6.00. The van der Waals surface area contributed by atoms with Crippen LogP contribution < -0.4 is 10.6 Å². The number of benzene rings is 1. The van der Waals surface area contributed by atoms with Gasteiger partial charge in [-0.3, -0.25) is 0 Å². The van der Waals surface area contributed by atoms with Crippen LogP contribution in [0, 0.1) is 12.7 Å². The Hall–Kier alpha value is -1.27. The van der Waals surface area contributed by atoms with Crippen LogP contribution in [0.25, 0.3) is 0 Å². The number of hydrogen-bond acceptors (Lipinski definition) is 3. The summed E-state index contributed by atoms with van der Waals surface area (Å²) in [5.41, 5.74) is 1.03. The first-order chi connectivity index (χ1) is 9.06. The van der Waals surface area contributed by atoms with Crippen molar-refractivity contribution in [1.82, 2.24) is 5.32 Å². The van der Waals surface area contributed by atoms with E-state index in [9.17, 15) is 9.18 Å². The topological polar surface area (TPSA) is 61.4 Å². The van der Waals surface area contributed by atoms with Crippen molar-refractivity contribution in [1.29, 1.82) is 0 Å². The number of urea groups is 1. The van der Waals surface area contributed by atoms with Crippen molar-refractivity contribution in [2.75, 3.05) is 23.9 Å². The summed E-state index contributed by atoms with van der Waals surface area (Å²) in [6, 6.07) is 3.94. The van der Waals surface area contributed by atoms with Gasteiger partial charge in [0.1, 0.15) is 5.82 Å². The van der Waals surface area contributed by atoms with Crippen LogP contribution in [0.1, 0.15) is 12.0 Å². The molecule has 0 saturated heterocycles. The minimum absolute atomic E-state index is 0.00428. The lowest BCUT2D eigenvalue weighted by molar-refractivity contribution is 0.241. The van der Waals surface area contributed by atoms with Gasteiger partial charge in [-0.15, -0.1) is 0 Å². The number of amides is 2. The fourth-order valence-electron chi connectivity index (χ4n) is 1.63. The maximum absolute atomic E-state index is 13.5. The van der Waals surface area contributed by atoms with Gasteiger partial charge in [-0.2, -0.15) is 11.8 Å². The average molecular weight is 286 g/mol. The fraction of sp³-hybridized carbons (Fsp3) is 0.462. The Morgan fingerprint density at radius 2 is 2.26 bits per heavy atom. The largest absolute Gasteiger partial charge is 0.396 e. The second kappa shape index (κ2) is 8.01. The number of nitrogens with one attached hydrogen (secondary N) is 2. The van der Waals surface area contributed by atoms with Gasteiger partial charge in [0.25, 0.3) is 0 Å². The second-order valence-corrected chi connectivity index (χ2v) is 5.16. The van der Waals surface area contributed by atoms with E-state index in [1.165, 1.54) is 6.07 Å². The van der Waals surface area contributed by atoms with Crippen LogP contribution >= 0.6 is 11.8 Å². The Kier molecular flexibility index (Phi) is 6.66. The summed E-state index contributed by atoms with van der Waals surface area (Å²) < 4.78 is 13.5. The highest BCUT2D eigenvalue weighted by Gasteiger charge is 2.12. The Labute approximate surface area is 116 Å². The third-order valence-electron chi connectivity index (χ3n) is 2.55. The molecule has 0 aromatic heterocycles. The van der Waals surface area contributed by atoms with Crippen molar-refractivity contribution in [2.45, 2.75) is 19.4 Å². The van der Waals surface area contributed by atoms with Gasteiger partial charge in [0.15, 0.2) is 0 Å². The first kappa shape index (κ1) is 15.8. The molecule has 0 aliphatic heterocycles. The highest BCUT2D eigenvalue weighted by Crippen LogP contribution is 2.15. The molecule has 1 aromatic rings. The van der Waals surface area contributed by atoms with E-state index >= 15 is 0 Å². The number of rotatable bonds is 6. The molecule has 2 amide bonds. The molecule has 19 heavy (non-hydrogen) atoms. The van der Waals surface area contributed by atoms with E-state index in [2.05, 4.69) is 10.6 Å². The molecule has 1 atom stereocenters. The number of halogens is 1. The molecule has 0 spiro atoms. The van der Waals surface area contributed by atoms with E-state index in [4.69, 9.17) is 5.11 Å². The van der Waals surface area contributed by atoms with Gasteiger partial charge in [-0.05, 0) is 37.3 Å². The lowest BCUT2D eigenvalue weighted by Gasteiger charge is -2.17. The average Bonchev–Trinajstić information content (AvgIpc) is 2.34. The molecule has 0 saturated carbocycles. The maximum atomic E-state index is 13.5. The number of anilines is 1. The second-order valence-electron chi connectivity index (χ2n) is 4.25. The van der Waals surface area contributed by atoms with Crippen LogP contribution in [0.4, 0.5) is 14.9 Å². The molecule has 4 nitrogen and oxygen atoms in total. The Morgan fingerprint density at radius 1 is 1.53 bits per heavy atom. The molecule has 0 heterocycles. The predicted octanol–water partition coefficient (Wildman–Crippen LogP) is 2.37. The van der Waals surface area contributed by atoms with Crippen LogP contribution in [0.2, 0.25) is 0 Å². The highest BCUT2D eigenvalue weighted by molar-refractivity contribution is 7.98. The number of carbonyl (C=O) groups is 1. The summed E-state index contributed by atoms with van der Waals surface area (Å²) in [6.45, 7) is 1.83. The summed E-state index contributed by atoms with van der Waals surface area (Å²) in [4.78, 5) is 11.8. The Morgan fingerprint density at radius 3 is 2.89 bits per heavy atom. The zero-order valence-corrected chi connectivity index (χ0v) is 11.9. The molecule has 6 heteroatoms. The molecule has 1 unspecified atom stereocenters. The number of aryl methyl sites for hydroxylation is 1. The molecular weight excluding hydrogens is 267 g/mol. The Balaban J connectivity index is 2.60. The molecule has 0 radical (unpaired) electrons. The predicted molar refractivity (Wildman–Crippen MR) is 77.2 cm³/mol. The van der Waals surface area contributed by atoms with Crippen molar-refractivity contribution in [3.8, 4) is 0 Å². The van der Waals surface area contributed by atoms with Crippen LogP contribution in [0.3, 0.4) is 0 Å². The number of thioether (sulfide) groups is 1. The molecule has 1 aromatic carbocycles. The SMILES string of the molecule is CSCC(CCO)NC(=O)Nc1cc(C)ccc1F. The fourth-order valence-corrected chi connectivity index (χ4v) is 2.29. The minimum Gasteiger partial charge on any atom is -0.396 e. The third-order valence-corrected chi connectivity index (χ3v) is 3.29. The molecule has 0 aliphatic carbocycles. The van der Waals surface area contributed by atoms with E-state index in [1.54, 1.807) is 23.9 Å². The molecule has 1 rings (SSSR count). The molecule has 3 N–H and O–H groups in total. The lowest BCUT2D eigenvalue weighted by atomic mass is 10.2. The normalized spacial score (nSPS) is 12.0. The number of aliphatic hydroxyl groups is 1. The van der Waals surface area contributed by atoms with E-state index in [-0.39, 0.29) is 18.3 Å². The van der Waals surface area contributed by atoms with E-state index < -0.39 is 11.8 Å². The van der Waals surface area contributed by atoms with E-state index in [0.717, 1.165) is 5.56 Å². The van der Waals surface area contributed by atoms with E-state index in [1.807, 2.05) is 13.2 Å². The van der Waals surface area contributed by atoms with Gasteiger partial charge >= 0.3 is 6.03 Å². The van der Waals surface area contributed by atoms with Gasteiger partial charge in [-0.25, -0.2) is 9.18 Å². The van der Waals surface area contributed by atoms with Crippen LogP contribution in [-0.4, -0.2) is 35.8 Å². The minimum atomic E-state index is -0.468. The van der Waals surface area contributed by atoms with Gasteiger partial charge in [0.2, 0.25) is 0 Å². The number of hydrogen-bond donors (Lipinski definition) is 3. The quantitative estimate of drug-likeness (QED) is 0.752. The summed E-state index contributed by atoms with van der Waals surface area (Å²) in [7, 11) is 0. The summed E-state index contributed by atoms with van der Waals surface area (Å²) in [5, 5.41) is 14.1. The summed E-state index contributed by atoms with van der Waals surface area (Å²) in [5.74, 6) is 0.230. The summed E-state index contributed by atoms with van der Waals surface area (Å²) >= 11 is 1.58. The standard InChI is InChI=1S/C13H19FN2O2S/c1-9-3-4-11(14)12(7-9)16-13(18)15-10(5-6-17)8-19-2/h3-4,7,10,17H,5-6,8H2,1-2H3,(H2,15,16,18). The van der Waals surface area contributed by atoms with E-state index in [0.29, 0.717) is 12.2 Å². The van der Waals surface area contributed by atoms with Crippen molar-refractivity contribution >= 4 is 23.5 Å². The van der Waals surface area contributed by atoms with Gasteiger partial charge in [-0.1, -0.05) is 6.07 Å². The third kappa shape index (κ3) is 5.48. The van der Waals surface area contributed by atoms with Gasteiger partial charge < -0.3 is 15.7 Å². The Bertz CT molecular complexity index is 423. The summed E-state index contributed by atoms with van der Waals surface area (Å²) in [6.07, 6.45) is 2.40. The lowest BCUT2D eigenvalue weighted by Crippen LogP contribution is -2.40. The zero-order valence-electron chi connectivity index (χ0n) is 11.1. The van der Waals surface area contributed by atoms with Crippen LogP contribution in [0.5, 0.6) is 0 Å². The molecule has 0 aliphatic rings. The zero-order chi connectivity index (χ0) is 14.3. The van der Waals surface area contributed by atoms with Crippen LogP contribution in [-0.2, 0) is 0 Å². The van der Waals surface area contributed by atoms with Gasteiger partial charge in [0.05, 0.1) is 5.69 Å². The van der Waals surface area contributed by atoms with Crippen molar-refractivity contribution in [2.24, 2.45) is 0 Å². The number of aliphatic hydroxyl groups excluding tert-OH is 1. The molecular formula is C13H19FN2O2S. The van der Waals surface area contributed by atoms with Crippen molar-refractivity contribution in [3.63, 3.8) is 0 Å². The first-order valence-corrected chi connectivity index (χ1v) is 7.39.